The van der Waals surface area contributed by atoms with Gasteiger partial charge in [-0.2, -0.15) is 5.26 Å². The van der Waals surface area contributed by atoms with E-state index in [1.54, 1.807) is 0 Å². The molecule has 1 rings (SSSR count). The zero-order valence-electron chi connectivity index (χ0n) is 6.87. The number of nitrogens with two attached hydrogens (primary N) is 1. The van der Waals surface area contributed by atoms with Crippen molar-refractivity contribution in [1.82, 2.24) is 0 Å². The van der Waals surface area contributed by atoms with Crippen molar-refractivity contribution in [2.75, 3.05) is 6.61 Å². The average molecular weight is 180 g/mol. The van der Waals surface area contributed by atoms with Crippen LogP contribution < -0.4 is 5.73 Å². The first-order valence-corrected chi connectivity index (χ1v) is 3.75. The molecule has 1 atom stereocenters. The van der Waals surface area contributed by atoms with Crippen molar-refractivity contribution in [2.24, 2.45) is 5.73 Å². The van der Waals surface area contributed by atoms with Gasteiger partial charge in [-0.1, -0.05) is 0 Å². The van der Waals surface area contributed by atoms with Crippen molar-refractivity contribution >= 4 is 0 Å². The van der Waals surface area contributed by atoms with Crippen LogP contribution in [-0.4, -0.2) is 11.7 Å². The summed E-state index contributed by atoms with van der Waals surface area (Å²) in [4.78, 5) is 0. The van der Waals surface area contributed by atoms with E-state index in [-0.39, 0.29) is 6.61 Å². The quantitative estimate of drug-likeness (QED) is 0.703. The molecule has 0 spiro atoms. The van der Waals surface area contributed by atoms with Crippen LogP contribution in [0.15, 0.2) is 18.2 Å². The molecule has 0 unspecified atom stereocenters. The lowest BCUT2D eigenvalue weighted by Gasteiger charge is -2.09. The first-order valence-electron chi connectivity index (χ1n) is 3.75. The van der Waals surface area contributed by atoms with Gasteiger partial charge in [-0.05, 0) is 23.8 Å². The number of aliphatic hydroxyl groups excluding tert-OH is 1. The van der Waals surface area contributed by atoms with E-state index in [9.17, 15) is 4.39 Å². The molecule has 0 amide bonds. The molecule has 68 valence electrons. The normalized spacial score (nSPS) is 12.2. The molecule has 1 aromatic carbocycles. The van der Waals surface area contributed by atoms with Crippen molar-refractivity contribution in [1.29, 1.82) is 5.26 Å². The van der Waals surface area contributed by atoms with E-state index < -0.39 is 11.9 Å². The Kier molecular flexibility index (Phi) is 2.96. The molecule has 0 aliphatic heterocycles. The minimum atomic E-state index is -0.703. The Morgan fingerprint density at radius 2 is 2.31 bits per heavy atom. The van der Waals surface area contributed by atoms with Crippen LogP contribution in [0.4, 0.5) is 4.39 Å². The number of rotatable bonds is 2. The van der Waals surface area contributed by atoms with Gasteiger partial charge in [0.15, 0.2) is 0 Å². The van der Waals surface area contributed by atoms with Crippen LogP contribution in [0.1, 0.15) is 17.2 Å². The third-order valence-corrected chi connectivity index (χ3v) is 1.73. The van der Waals surface area contributed by atoms with E-state index in [1.165, 1.54) is 18.2 Å². The van der Waals surface area contributed by atoms with E-state index in [2.05, 4.69) is 0 Å². The second-order valence-electron chi connectivity index (χ2n) is 2.63. The van der Waals surface area contributed by atoms with E-state index in [1.807, 2.05) is 6.07 Å². The molecule has 13 heavy (non-hydrogen) atoms. The minimum Gasteiger partial charge on any atom is -0.394 e. The molecular formula is C9H9FN2O. The lowest BCUT2D eigenvalue weighted by atomic mass is 10.0. The lowest BCUT2D eigenvalue weighted by molar-refractivity contribution is 0.267. The van der Waals surface area contributed by atoms with Crippen LogP contribution in [0.25, 0.3) is 0 Å². The van der Waals surface area contributed by atoms with Gasteiger partial charge >= 0.3 is 0 Å². The monoisotopic (exact) mass is 180 g/mol. The standard InChI is InChI=1S/C9H9FN2O/c10-7-2-1-6(4-11)8(3-7)9(12)5-13/h1-3,9,13H,5,12H2/t9-/m1/s1. The number of benzene rings is 1. The van der Waals surface area contributed by atoms with Gasteiger partial charge in [-0.3, -0.25) is 0 Å². The summed E-state index contributed by atoms with van der Waals surface area (Å²) >= 11 is 0. The van der Waals surface area contributed by atoms with E-state index in [0.717, 1.165) is 0 Å². The lowest BCUT2D eigenvalue weighted by Crippen LogP contribution is -2.16. The molecule has 4 heteroatoms. The van der Waals surface area contributed by atoms with Gasteiger partial charge in [0.2, 0.25) is 0 Å². The van der Waals surface area contributed by atoms with Crippen molar-refractivity contribution in [3.8, 4) is 6.07 Å². The highest BCUT2D eigenvalue weighted by atomic mass is 19.1. The van der Waals surface area contributed by atoms with Gasteiger partial charge in [0.1, 0.15) is 5.82 Å². The molecule has 3 N–H and O–H groups in total. The fourth-order valence-electron chi connectivity index (χ4n) is 1.04. The summed E-state index contributed by atoms with van der Waals surface area (Å²) in [7, 11) is 0. The smallest absolute Gasteiger partial charge is 0.123 e. The summed E-state index contributed by atoms with van der Waals surface area (Å²) in [5.74, 6) is -0.460. The van der Waals surface area contributed by atoms with Gasteiger partial charge in [-0.25, -0.2) is 4.39 Å². The Bertz CT molecular complexity index is 346. The summed E-state index contributed by atoms with van der Waals surface area (Å²) in [6, 6.07) is 4.88. The van der Waals surface area contributed by atoms with E-state index >= 15 is 0 Å². The Balaban J connectivity index is 3.17. The first-order chi connectivity index (χ1) is 6.19. The van der Waals surface area contributed by atoms with Gasteiger partial charge in [0.05, 0.1) is 24.3 Å². The number of hydrogen-bond acceptors (Lipinski definition) is 3. The van der Waals surface area contributed by atoms with Crippen LogP contribution in [0.2, 0.25) is 0 Å². The second kappa shape index (κ2) is 3.99. The van der Waals surface area contributed by atoms with Crippen molar-refractivity contribution in [2.45, 2.75) is 6.04 Å². The summed E-state index contributed by atoms with van der Waals surface area (Å²) < 4.78 is 12.7. The highest BCUT2D eigenvalue weighted by molar-refractivity contribution is 5.39. The molecular weight excluding hydrogens is 171 g/mol. The topological polar surface area (TPSA) is 70.0 Å². The number of halogens is 1. The maximum atomic E-state index is 12.7. The van der Waals surface area contributed by atoms with Crippen molar-refractivity contribution < 1.29 is 9.50 Å². The van der Waals surface area contributed by atoms with Crippen molar-refractivity contribution in [3.63, 3.8) is 0 Å². The Morgan fingerprint density at radius 1 is 1.62 bits per heavy atom. The zero-order valence-corrected chi connectivity index (χ0v) is 6.87. The summed E-state index contributed by atoms with van der Waals surface area (Å²) in [5, 5.41) is 17.4. The van der Waals surface area contributed by atoms with Crippen LogP contribution in [0, 0.1) is 17.1 Å². The maximum absolute atomic E-state index is 12.7. The van der Waals surface area contributed by atoms with Crippen molar-refractivity contribution in [3.05, 3.63) is 35.1 Å². The number of nitriles is 1. The number of hydrogen-bond donors (Lipinski definition) is 2. The maximum Gasteiger partial charge on any atom is 0.123 e. The largest absolute Gasteiger partial charge is 0.394 e. The fraction of sp³-hybridized carbons (Fsp3) is 0.222. The molecule has 3 nitrogen and oxygen atoms in total. The highest BCUT2D eigenvalue weighted by Gasteiger charge is 2.10. The molecule has 0 bridgehead atoms. The summed E-state index contributed by atoms with van der Waals surface area (Å²) in [6.45, 7) is -0.307. The predicted octanol–water partition coefficient (Wildman–Crippen LogP) is 0.689. The third-order valence-electron chi connectivity index (χ3n) is 1.73. The van der Waals surface area contributed by atoms with Gasteiger partial charge in [0.25, 0.3) is 0 Å². The average Bonchev–Trinajstić information content (AvgIpc) is 2.16. The van der Waals surface area contributed by atoms with E-state index in [4.69, 9.17) is 16.1 Å². The van der Waals surface area contributed by atoms with Crippen LogP contribution in [-0.2, 0) is 0 Å². The predicted molar refractivity (Wildman–Crippen MR) is 45.1 cm³/mol. The van der Waals surface area contributed by atoms with Gasteiger partial charge in [-0.15, -0.1) is 0 Å². The molecule has 0 saturated heterocycles. The Morgan fingerprint density at radius 3 is 2.85 bits per heavy atom. The molecule has 1 aromatic rings. The molecule has 0 radical (unpaired) electrons. The summed E-state index contributed by atoms with van der Waals surface area (Å²) in [6.07, 6.45) is 0. The fourth-order valence-corrected chi connectivity index (χ4v) is 1.04. The first kappa shape index (κ1) is 9.65. The molecule has 0 aliphatic carbocycles. The van der Waals surface area contributed by atoms with Crippen LogP contribution in [0.5, 0.6) is 0 Å². The molecule has 0 fully saturated rings. The van der Waals surface area contributed by atoms with E-state index in [0.29, 0.717) is 11.1 Å². The second-order valence-corrected chi connectivity index (χ2v) is 2.63. The molecule has 0 saturated carbocycles. The number of nitrogens with zero attached hydrogens (tertiary/aromatic N) is 1. The van der Waals surface area contributed by atoms with Crippen LogP contribution in [0.3, 0.4) is 0 Å². The number of aliphatic hydroxyl groups is 1. The Labute approximate surface area is 75.2 Å². The highest BCUT2D eigenvalue weighted by Crippen LogP contribution is 2.16. The Hall–Kier alpha value is -1.44. The third kappa shape index (κ3) is 2.02. The molecule has 0 aromatic heterocycles. The van der Waals surface area contributed by atoms with Gasteiger partial charge < -0.3 is 10.8 Å². The molecule has 0 heterocycles. The zero-order chi connectivity index (χ0) is 9.84. The van der Waals surface area contributed by atoms with Gasteiger partial charge in [0, 0.05) is 0 Å². The minimum absolute atomic E-state index is 0.294. The molecule has 0 aliphatic rings. The summed E-state index contributed by atoms with van der Waals surface area (Å²) in [5.41, 5.74) is 6.10. The SMILES string of the molecule is N#Cc1ccc(F)cc1[C@H](N)CO. The van der Waals surface area contributed by atoms with Crippen LogP contribution >= 0.6 is 0 Å².